The summed E-state index contributed by atoms with van der Waals surface area (Å²) in [6, 6.07) is 27.5. The Bertz CT molecular complexity index is 1250. The Hall–Kier alpha value is -3.99. The van der Waals surface area contributed by atoms with Crippen molar-refractivity contribution in [2.75, 3.05) is 6.61 Å². The van der Waals surface area contributed by atoms with Crippen molar-refractivity contribution in [2.45, 2.75) is 26.4 Å². The second kappa shape index (κ2) is 10.6. The van der Waals surface area contributed by atoms with Gasteiger partial charge in [0.15, 0.2) is 5.78 Å². The van der Waals surface area contributed by atoms with Crippen molar-refractivity contribution >= 4 is 22.7 Å². The number of aromatic nitrogens is 1. The van der Waals surface area contributed by atoms with Gasteiger partial charge >= 0.3 is 5.97 Å². The van der Waals surface area contributed by atoms with Gasteiger partial charge in [-0.1, -0.05) is 72.8 Å². The van der Waals surface area contributed by atoms with E-state index in [2.05, 4.69) is 4.98 Å². The van der Waals surface area contributed by atoms with Gasteiger partial charge in [-0.3, -0.25) is 9.59 Å². The van der Waals surface area contributed by atoms with Crippen LogP contribution in [0.3, 0.4) is 0 Å². The van der Waals surface area contributed by atoms with Crippen molar-refractivity contribution in [3.05, 3.63) is 96.2 Å². The highest BCUT2D eigenvalue weighted by atomic mass is 16.5. The number of ketones is 1. The van der Waals surface area contributed by atoms with Gasteiger partial charge in [0.1, 0.15) is 18.1 Å². The first-order chi connectivity index (χ1) is 16.2. The van der Waals surface area contributed by atoms with Crippen LogP contribution in [0.15, 0.2) is 84.9 Å². The molecule has 1 heterocycles. The molecule has 0 bridgehead atoms. The van der Waals surface area contributed by atoms with Crippen LogP contribution in [0.1, 0.15) is 35.8 Å². The monoisotopic (exact) mass is 439 g/mol. The summed E-state index contributed by atoms with van der Waals surface area (Å²) in [7, 11) is 0. The predicted molar refractivity (Wildman–Crippen MR) is 128 cm³/mol. The van der Waals surface area contributed by atoms with Gasteiger partial charge in [-0.25, -0.2) is 4.98 Å². The van der Waals surface area contributed by atoms with Crippen molar-refractivity contribution in [1.82, 2.24) is 4.98 Å². The Balaban J connectivity index is 1.72. The highest BCUT2D eigenvalue weighted by Gasteiger charge is 2.19. The maximum atomic E-state index is 13.0. The summed E-state index contributed by atoms with van der Waals surface area (Å²) in [5.41, 5.74) is 3.98. The molecule has 0 N–H and O–H groups in total. The number of benzene rings is 3. The van der Waals surface area contributed by atoms with Crippen LogP contribution in [0.2, 0.25) is 0 Å². The molecule has 0 spiro atoms. The number of nitrogens with zero attached hydrogens (tertiary/aromatic N) is 1. The topological polar surface area (TPSA) is 65.5 Å². The fraction of sp³-hybridized carbons (Fsp3) is 0.179. The molecule has 0 aliphatic carbocycles. The molecule has 166 valence electrons. The zero-order valence-electron chi connectivity index (χ0n) is 18.5. The largest absolute Gasteiger partial charge is 0.486 e. The molecule has 0 aliphatic rings. The highest BCUT2D eigenvalue weighted by molar-refractivity contribution is 6.03. The maximum absolute atomic E-state index is 13.0. The van der Waals surface area contributed by atoms with E-state index in [1.807, 2.05) is 84.9 Å². The molecule has 3 aromatic carbocycles. The molecule has 0 unspecified atom stereocenters. The predicted octanol–water partition coefficient (Wildman–Crippen LogP) is 6.01. The van der Waals surface area contributed by atoms with E-state index in [0.29, 0.717) is 17.9 Å². The third-order valence-corrected chi connectivity index (χ3v) is 5.27. The maximum Gasteiger partial charge on any atom is 0.306 e. The van der Waals surface area contributed by atoms with E-state index in [4.69, 9.17) is 9.47 Å². The van der Waals surface area contributed by atoms with Crippen molar-refractivity contribution < 1.29 is 19.1 Å². The number of Topliss-reactive ketones (excluding diaryl/α,β-unsaturated/α-hetero) is 1. The van der Waals surface area contributed by atoms with Crippen LogP contribution in [0, 0.1) is 0 Å². The van der Waals surface area contributed by atoms with Gasteiger partial charge in [-0.05, 0) is 35.7 Å². The molecule has 1 aromatic heterocycles. The van der Waals surface area contributed by atoms with Crippen molar-refractivity contribution in [3.8, 4) is 16.9 Å². The van der Waals surface area contributed by atoms with E-state index in [9.17, 15) is 9.59 Å². The number of rotatable bonds is 9. The zero-order chi connectivity index (χ0) is 23.0. The van der Waals surface area contributed by atoms with Gasteiger partial charge in [0.25, 0.3) is 0 Å². The number of carbonyl (C=O) groups is 2. The number of pyridine rings is 1. The fourth-order valence-electron chi connectivity index (χ4n) is 3.66. The molecular formula is C28H25NO4. The van der Waals surface area contributed by atoms with Gasteiger partial charge in [-0.2, -0.15) is 0 Å². The molecular weight excluding hydrogens is 414 g/mol. The Morgan fingerprint density at radius 3 is 2.30 bits per heavy atom. The van der Waals surface area contributed by atoms with Crippen LogP contribution in [0.5, 0.6) is 5.75 Å². The molecule has 0 radical (unpaired) electrons. The van der Waals surface area contributed by atoms with Crippen LogP contribution in [-0.4, -0.2) is 23.3 Å². The molecule has 33 heavy (non-hydrogen) atoms. The first-order valence-corrected chi connectivity index (χ1v) is 11.0. The van der Waals surface area contributed by atoms with Gasteiger partial charge in [0.05, 0.1) is 18.5 Å². The summed E-state index contributed by atoms with van der Waals surface area (Å²) in [5, 5.41) is 0.897. The normalized spacial score (nSPS) is 10.7. The van der Waals surface area contributed by atoms with E-state index in [1.165, 1.54) is 0 Å². The SMILES string of the molecule is CCOC(=O)CCC(=O)c1nc2cccc(-c3ccccc3)c2cc1OCc1ccccc1. The highest BCUT2D eigenvalue weighted by Crippen LogP contribution is 2.32. The van der Waals surface area contributed by atoms with Gasteiger partial charge in [0, 0.05) is 11.8 Å². The van der Waals surface area contributed by atoms with Crippen LogP contribution < -0.4 is 4.74 Å². The molecule has 4 aromatic rings. The minimum absolute atomic E-state index is 0.00850. The number of carbonyl (C=O) groups excluding carboxylic acids is 2. The number of fused-ring (bicyclic) bond motifs is 1. The van der Waals surface area contributed by atoms with Gasteiger partial charge < -0.3 is 9.47 Å². The second-order valence-corrected chi connectivity index (χ2v) is 7.58. The van der Waals surface area contributed by atoms with E-state index in [-0.39, 0.29) is 30.9 Å². The third kappa shape index (κ3) is 5.44. The number of hydrogen-bond acceptors (Lipinski definition) is 5. The molecule has 0 atom stereocenters. The molecule has 0 fully saturated rings. The Morgan fingerprint density at radius 2 is 1.58 bits per heavy atom. The van der Waals surface area contributed by atoms with E-state index in [1.54, 1.807) is 6.92 Å². The summed E-state index contributed by atoms with van der Waals surface area (Å²) < 4.78 is 11.1. The third-order valence-electron chi connectivity index (χ3n) is 5.27. The second-order valence-electron chi connectivity index (χ2n) is 7.58. The summed E-state index contributed by atoms with van der Waals surface area (Å²) in [4.78, 5) is 29.5. The quantitative estimate of drug-likeness (QED) is 0.236. The summed E-state index contributed by atoms with van der Waals surface area (Å²) in [6.07, 6.45) is 0.0198. The molecule has 0 amide bonds. The van der Waals surface area contributed by atoms with Crippen molar-refractivity contribution in [3.63, 3.8) is 0 Å². The number of hydrogen-bond donors (Lipinski definition) is 0. The van der Waals surface area contributed by atoms with E-state index < -0.39 is 5.97 Å². The lowest BCUT2D eigenvalue weighted by Crippen LogP contribution is -2.11. The lowest BCUT2D eigenvalue weighted by molar-refractivity contribution is -0.143. The minimum atomic E-state index is -0.398. The molecule has 5 heteroatoms. The standard InChI is InChI=1S/C28H25NO4/c1-2-32-27(31)17-16-25(30)28-26(33-19-20-10-5-3-6-11-20)18-23-22(14-9-15-24(23)29-28)21-12-7-4-8-13-21/h3-15,18H,2,16-17,19H2,1H3. The van der Waals surface area contributed by atoms with Crippen molar-refractivity contribution in [2.24, 2.45) is 0 Å². The number of ether oxygens (including phenoxy) is 2. The average Bonchev–Trinajstić information content (AvgIpc) is 2.86. The van der Waals surface area contributed by atoms with E-state index >= 15 is 0 Å². The van der Waals surface area contributed by atoms with E-state index in [0.717, 1.165) is 22.1 Å². The van der Waals surface area contributed by atoms with Crippen LogP contribution in [-0.2, 0) is 16.1 Å². The molecule has 0 saturated heterocycles. The minimum Gasteiger partial charge on any atom is -0.486 e. The lowest BCUT2D eigenvalue weighted by Gasteiger charge is -2.14. The average molecular weight is 440 g/mol. The molecule has 0 saturated carbocycles. The summed E-state index contributed by atoms with van der Waals surface area (Å²) in [5.74, 6) is -0.244. The smallest absolute Gasteiger partial charge is 0.306 e. The van der Waals surface area contributed by atoms with Gasteiger partial charge in [0.2, 0.25) is 0 Å². The number of esters is 1. The van der Waals surface area contributed by atoms with Crippen LogP contribution >= 0.6 is 0 Å². The first-order valence-electron chi connectivity index (χ1n) is 11.0. The zero-order valence-corrected chi connectivity index (χ0v) is 18.5. The molecule has 4 rings (SSSR count). The van der Waals surface area contributed by atoms with Crippen LogP contribution in [0.4, 0.5) is 0 Å². The first kappa shape index (κ1) is 22.2. The Labute approximate surface area is 193 Å². The summed E-state index contributed by atoms with van der Waals surface area (Å²) >= 11 is 0. The molecule has 5 nitrogen and oxygen atoms in total. The van der Waals surface area contributed by atoms with Crippen LogP contribution in [0.25, 0.3) is 22.0 Å². The molecule has 0 aliphatic heterocycles. The fourth-order valence-corrected chi connectivity index (χ4v) is 3.66. The Morgan fingerprint density at radius 1 is 0.848 bits per heavy atom. The summed E-state index contributed by atoms with van der Waals surface area (Å²) in [6.45, 7) is 2.33. The lowest BCUT2D eigenvalue weighted by atomic mass is 9.99. The van der Waals surface area contributed by atoms with Gasteiger partial charge in [-0.15, -0.1) is 0 Å². The Kier molecular flexibility index (Phi) is 7.10. The van der Waals surface area contributed by atoms with Crippen molar-refractivity contribution in [1.29, 1.82) is 0 Å².